The molecule has 76 valence electrons. The zero-order chi connectivity index (χ0) is 10.3. The number of nitrogens with one attached hydrogen (secondary N) is 1. The first-order chi connectivity index (χ1) is 6.06. The second-order valence-corrected chi connectivity index (χ2v) is 2.81. The summed E-state index contributed by atoms with van der Waals surface area (Å²) in [6.45, 7) is 1.74. The maximum atomic E-state index is 10.8. The van der Waals surface area contributed by atoms with E-state index in [1.807, 2.05) is 0 Å². The number of carbonyl (C=O) groups excluding carboxylic acids is 1. The number of hydrogen-bond donors (Lipinski definition) is 3. The first kappa shape index (κ1) is 11.9. The number of aliphatic carboxylic acids is 1. The summed E-state index contributed by atoms with van der Waals surface area (Å²) >= 11 is 0. The molecule has 1 atom stereocenters. The molecule has 5 nitrogen and oxygen atoms in total. The van der Waals surface area contributed by atoms with Crippen LogP contribution in [-0.2, 0) is 9.59 Å². The molecule has 0 aromatic rings. The van der Waals surface area contributed by atoms with Crippen molar-refractivity contribution < 1.29 is 14.7 Å². The molecule has 0 aliphatic carbocycles. The number of amides is 1. The Hall–Kier alpha value is -1.10. The van der Waals surface area contributed by atoms with Gasteiger partial charge in [-0.2, -0.15) is 0 Å². The molecule has 0 aliphatic rings. The lowest BCUT2D eigenvalue weighted by atomic mass is 10.2. The van der Waals surface area contributed by atoms with E-state index in [1.54, 1.807) is 6.92 Å². The summed E-state index contributed by atoms with van der Waals surface area (Å²) in [5, 5.41) is 10.9. The van der Waals surface area contributed by atoms with Crippen molar-refractivity contribution in [3.8, 4) is 0 Å². The van der Waals surface area contributed by atoms with E-state index in [-0.39, 0.29) is 12.3 Å². The van der Waals surface area contributed by atoms with Gasteiger partial charge in [-0.1, -0.05) is 6.92 Å². The van der Waals surface area contributed by atoms with Gasteiger partial charge < -0.3 is 16.2 Å². The van der Waals surface area contributed by atoms with Crippen LogP contribution in [0.4, 0.5) is 0 Å². The van der Waals surface area contributed by atoms with Gasteiger partial charge in [0, 0.05) is 12.8 Å². The molecule has 0 saturated heterocycles. The Morgan fingerprint density at radius 2 is 2.15 bits per heavy atom. The molecular weight excluding hydrogens is 172 g/mol. The topological polar surface area (TPSA) is 92.4 Å². The van der Waals surface area contributed by atoms with Gasteiger partial charge in [-0.3, -0.25) is 9.59 Å². The van der Waals surface area contributed by atoms with E-state index in [4.69, 9.17) is 10.8 Å². The van der Waals surface area contributed by atoms with Gasteiger partial charge in [0.2, 0.25) is 5.91 Å². The molecule has 0 aromatic carbocycles. The van der Waals surface area contributed by atoms with Crippen molar-refractivity contribution in [2.24, 2.45) is 5.73 Å². The van der Waals surface area contributed by atoms with Crippen LogP contribution in [0, 0.1) is 0 Å². The number of carboxylic acid groups (broad SMARTS) is 1. The maximum Gasteiger partial charge on any atom is 0.303 e. The van der Waals surface area contributed by atoms with E-state index in [0.717, 1.165) is 0 Å². The molecule has 5 heteroatoms. The van der Waals surface area contributed by atoms with Crippen LogP contribution in [0.2, 0.25) is 0 Å². The maximum absolute atomic E-state index is 10.8. The summed E-state index contributed by atoms with van der Waals surface area (Å²) in [6.07, 6.45) is 1.05. The molecule has 0 fully saturated rings. The molecule has 0 rings (SSSR count). The highest BCUT2D eigenvalue weighted by molar-refractivity contribution is 5.75. The van der Waals surface area contributed by atoms with Gasteiger partial charge in [-0.05, 0) is 12.8 Å². The second kappa shape index (κ2) is 6.42. The normalized spacial score (nSPS) is 12.2. The van der Waals surface area contributed by atoms with Crippen LogP contribution in [-0.4, -0.2) is 23.1 Å². The zero-order valence-corrected chi connectivity index (χ0v) is 7.75. The summed E-state index contributed by atoms with van der Waals surface area (Å²) in [5.41, 5.74) is 5.51. The van der Waals surface area contributed by atoms with Crippen LogP contribution in [0.15, 0.2) is 0 Å². The van der Waals surface area contributed by atoms with Gasteiger partial charge >= 0.3 is 5.97 Å². The smallest absolute Gasteiger partial charge is 0.303 e. The minimum atomic E-state index is -0.839. The number of rotatable bonds is 6. The lowest BCUT2D eigenvalue weighted by Crippen LogP contribution is -2.41. The van der Waals surface area contributed by atoms with Gasteiger partial charge in [0.05, 0.1) is 6.17 Å². The quantitative estimate of drug-likeness (QED) is 0.513. The molecule has 0 heterocycles. The first-order valence-electron chi connectivity index (χ1n) is 4.33. The van der Waals surface area contributed by atoms with E-state index in [1.165, 1.54) is 0 Å². The van der Waals surface area contributed by atoms with E-state index in [2.05, 4.69) is 5.32 Å². The SMILES string of the molecule is CCC(=O)NC(N)CCCC(=O)O. The Kier molecular flexibility index (Phi) is 5.88. The van der Waals surface area contributed by atoms with Crippen molar-refractivity contribution in [2.75, 3.05) is 0 Å². The fourth-order valence-electron chi connectivity index (χ4n) is 0.854. The molecule has 1 unspecified atom stereocenters. The van der Waals surface area contributed by atoms with Gasteiger partial charge in [0.25, 0.3) is 0 Å². The van der Waals surface area contributed by atoms with Crippen molar-refractivity contribution >= 4 is 11.9 Å². The minimum absolute atomic E-state index is 0.0930. The highest BCUT2D eigenvalue weighted by Gasteiger charge is 2.06. The third-order valence-corrected chi connectivity index (χ3v) is 1.57. The number of hydrogen-bond acceptors (Lipinski definition) is 3. The summed E-state index contributed by atoms with van der Waals surface area (Å²) in [4.78, 5) is 20.9. The Morgan fingerprint density at radius 3 is 2.62 bits per heavy atom. The van der Waals surface area contributed by atoms with Crippen LogP contribution in [0.5, 0.6) is 0 Å². The van der Waals surface area contributed by atoms with Gasteiger partial charge in [0.1, 0.15) is 0 Å². The fraction of sp³-hybridized carbons (Fsp3) is 0.750. The third-order valence-electron chi connectivity index (χ3n) is 1.57. The molecule has 0 aliphatic heterocycles. The van der Waals surface area contributed by atoms with Crippen LogP contribution in [0.1, 0.15) is 32.6 Å². The average Bonchev–Trinajstić information content (AvgIpc) is 2.03. The number of carbonyl (C=O) groups is 2. The molecule has 0 aromatic heterocycles. The van der Waals surface area contributed by atoms with E-state index in [9.17, 15) is 9.59 Å². The minimum Gasteiger partial charge on any atom is -0.481 e. The van der Waals surface area contributed by atoms with E-state index >= 15 is 0 Å². The standard InChI is InChI=1S/C8H16N2O3/c1-2-7(11)10-6(9)4-3-5-8(12)13/h6H,2-5,9H2,1H3,(H,10,11)(H,12,13). The molecule has 4 N–H and O–H groups in total. The van der Waals surface area contributed by atoms with Crippen molar-refractivity contribution in [1.82, 2.24) is 5.32 Å². The van der Waals surface area contributed by atoms with Crippen molar-refractivity contribution in [1.29, 1.82) is 0 Å². The Balaban J connectivity index is 3.45. The molecule has 13 heavy (non-hydrogen) atoms. The van der Waals surface area contributed by atoms with E-state index < -0.39 is 12.1 Å². The van der Waals surface area contributed by atoms with Gasteiger partial charge in [-0.25, -0.2) is 0 Å². The Bertz CT molecular complexity index is 182. The van der Waals surface area contributed by atoms with Crippen molar-refractivity contribution in [2.45, 2.75) is 38.8 Å². The summed E-state index contributed by atoms with van der Waals surface area (Å²) in [6, 6.07) is 0. The molecule has 0 radical (unpaired) electrons. The van der Waals surface area contributed by atoms with Crippen LogP contribution >= 0.6 is 0 Å². The lowest BCUT2D eigenvalue weighted by molar-refractivity contribution is -0.137. The Labute approximate surface area is 77.3 Å². The van der Waals surface area contributed by atoms with Crippen molar-refractivity contribution in [3.63, 3.8) is 0 Å². The largest absolute Gasteiger partial charge is 0.481 e. The summed E-state index contributed by atoms with van der Waals surface area (Å²) in [5.74, 6) is -0.947. The molecule has 0 bridgehead atoms. The van der Waals surface area contributed by atoms with E-state index in [0.29, 0.717) is 19.3 Å². The van der Waals surface area contributed by atoms with Crippen LogP contribution in [0.25, 0.3) is 0 Å². The fourth-order valence-corrected chi connectivity index (χ4v) is 0.854. The first-order valence-corrected chi connectivity index (χ1v) is 4.33. The Morgan fingerprint density at radius 1 is 1.54 bits per heavy atom. The summed E-state index contributed by atoms with van der Waals surface area (Å²) in [7, 11) is 0. The predicted octanol–water partition coefficient (Wildman–Crippen LogP) is 0.0523. The predicted molar refractivity (Wildman–Crippen MR) is 47.9 cm³/mol. The lowest BCUT2D eigenvalue weighted by Gasteiger charge is -2.11. The monoisotopic (exact) mass is 188 g/mol. The molecule has 0 saturated carbocycles. The molecular formula is C8H16N2O3. The van der Waals surface area contributed by atoms with Gasteiger partial charge in [0.15, 0.2) is 0 Å². The average molecular weight is 188 g/mol. The summed E-state index contributed by atoms with van der Waals surface area (Å²) < 4.78 is 0. The number of nitrogens with two attached hydrogens (primary N) is 1. The van der Waals surface area contributed by atoms with Crippen molar-refractivity contribution in [3.05, 3.63) is 0 Å². The molecule has 0 spiro atoms. The van der Waals surface area contributed by atoms with Crippen LogP contribution < -0.4 is 11.1 Å². The second-order valence-electron chi connectivity index (χ2n) is 2.81. The number of carboxylic acids is 1. The molecule has 1 amide bonds. The highest BCUT2D eigenvalue weighted by Crippen LogP contribution is 1.97. The third kappa shape index (κ3) is 7.27. The zero-order valence-electron chi connectivity index (χ0n) is 7.75. The van der Waals surface area contributed by atoms with Gasteiger partial charge in [-0.15, -0.1) is 0 Å². The van der Waals surface area contributed by atoms with Crippen LogP contribution in [0.3, 0.4) is 0 Å². The highest BCUT2D eigenvalue weighted by atomic mass is 16.4.